The van der Waals surface area contributed by atoms with Gasteiger partial charge in [-0.3, -0.25) is 0 Å². The van der Waals surface area contributed by atoms with Gasteiger partial charge in [-0.2, -0.15) is 0 Å². The summed E-state index contributed by atoms with van der Waals surface area (Å²) >= 11 is 0. The van der Waals surface area contributed by atoms with E-state index in [9.17, 15) is 71.5 Å². The average molecular weight is 1170 g/mol. The van der Waals surface area contributed by atoms with Gasteiger partial charge >= 0.3 is 0 Å². The lowest BCUT2D eigenvalue weighted by Crippen LogP contribution is -2.68. The molecule has 0 aromatic heterocycles. The van der Waals surface area contributed by atoms with Crippen molar-refractivity contribution < 1.29 is 128 Å². The Morgan fingerprint density at radius 3 is 1.81 bits per heavy atom. The standard InChI is InChI=1S/C55H90O26/c1-20-8-13-55(71-18-20)21(2)32-29(81-55)15-27-25-7-6-23-14-24(9-11-53(23,4)26(25)10-12-54(27,32)5)73-50-40(66)37(63)44(31(17-57)75-50)77-52-46(45(41(67)47(69)80-52)78-51-39(65)36(62)34(60)30(16-56)74-51)79-48-42(68)43(28(58)19-70-48)76-49-38(64)35(61)33(59)22(3)72-49/h20-52,56-69H,6-19H2,1-5H3. The van der Waals surface area contributed by atoms with E-state index < -0.39 is 173 Å². The summed E-state index contributed by atoms with van der Waals surface area (Å²) in [4.78, 5) is 0. The van der Waals surface area contributed by atoms with Crippen LogP contribution in [-0.2, 0) is 56.8 Å². The summed E-state index contributed by atoms with van der Waals surface area (Å²) in [5.41, 5.74) is 0.236. The third kappa shape index (κ3) is 10.8. The van der Waals surface area contributed by atoms with Crippen LogP contribution in [0.2, 0.25) is 0 Å². The zero-order chi connectivity index (χ0) is 57.9. The van der Waals surface area contributed by atoms with Crippen molar-refractivity contribution in [3.05, 3.63) is 0 Å². The van der Waals surface area contributed by atoms with Crippen LogP contribution in [0.1, 0.15) is 98.8 Å². The minimum atomic E-state index is -2.24. The minimum absolute atomic E-state index is 0.0584. The number of ether oxygens (including phenoxy) is 12. The highest BCUT2D eigenvalue weighted by atomic mass is 16.8. The average Bonchev–Trinajstić information content (AvgIpc) is 4.16. The van der Waals surface area contributed by atoms with Crippen molar-refractivity contribution in [1.82, 2.24) is 0 Å². The molecule has 7 heterocycles. The minimum Gasteiger partial charge on any atom is -0.394 e. The van der Waals surface area contributed by atoms with Gasteiger partial charge in [-0.15, -0.1) is 0 Å². The van der Waals surface area contributed by atoms with E-state index in [0.717, 1.165) is 58.0 Å². The number of fused-ring (bicyclic) bond motifs is 7. The Labute approximate surface area is 470 Å². The van der Waals surface area contributed by atoms with E-state index in [1.807, 2.05) is 0 Å². The second kappa shape index (κ2) is 23.8. The molecule has 81 heavy (non-hydrogen) atoms. The Kier molecular flexibility index (Phi) is 18.1. The molecule has 0 amide bonds. The second-order valence-corrected chi connectivity index (χ2v) is 26.3. The molecule has 14 N–H and O–H groups in total. The molecule has 0 radical (unpaired) electrons. The van der Waals surface area contributed by atoms with Crippen molar-refractivity contribution >= 4 is 0 Å². The Morgan fingerprint density at radius 1 is 0.481 bits per heavy atom. The van der Waals surface area contributed by atoms with Crippen molar-refractivity contribution in [3.63, 3.8) is 0 Å². The molecule has 1 spiro atoms. The van der Waals surface area contributed by atoms with Crippen LogP contribution in [0.5, 0.6) is 0 Å². The molecule has 7 saturated heterocycles. The number of aliphatic hydroxyl groups is 14. The van der Waals surface area contributed by atoms with Crippen molar-refractivity contribution in [2.45, 2.75) is 264 Å². The van der Waals surface area contributed by atoms with Gasteiger partial charge < -0.3 is 128 Å². The summed E-state index contributed by atoms with van der Waals surface area (Å²) in [7, 11) is 0. The molecular formula is C55H90O26. The maximum absolute atomic E-state index is 11.9. The highest BCUT2D eigenvalue weighted by Crippen LogP contribution is 2.71. The fourth-order valence-electron chi connectivity index (χ4n) is 17.1. The smallest absolute Gasteiger partial charge is 0.190 e. The van der Waals surface area contributed by atoms with Gasteiger partial charge in [0.2, 0.25) is 0 Å². The Balaban J connectivity index is 0.770. The predicted molar refractivity (Wildman–Crippen MR) is 269 cm³/mol. The van der Waals surface area contributed by atoms with E-state index in [-0.39, 0.29) is 23.0 Å². The van der Waals surface area contributed by atoms with Gasteiger partial charge in [0.05, 0.1) is 44.7 Å². The molecular weight excluding hydrogens is 1080 g/mol. The first-order valence-corrected chi connectivity index (χ1v) is 29.6. The molecule has 11 rings (SSSR count). The van der Waals surface area contributed by atoms with E-state index >= 15 is 0 Å². The summed E-state index contributed by atoms with van der Waals surface area (Å²) < 4.78 is 72.8. The Bertz CT molecular complexity index is 2110. The molecule has 7 aliphatic heterocycles. The Morgan fingerprint density at radius 2 is 1.11 bits per heavy atom. The topological polar surface area (TPSA) is 394 Å². The van der Waals surface area contributed by atoms with Crippen LogP contribution in [0.4, 0.5) is 0 Å². The predicted octanol–water partition coefficient (Wildman–Crippen LogP) is -3.46. The second-order valence-electron chi connectivity index (χ2n) is 26.3. The molecule has 36 unspecified atom stereocenters. The molecule has 36 atom stereocenters. The number of aliphatic hydroxyl groups excluding tert-OH is 14. The van der Waals surface area contributed by atoms with E-state index in [1.165, 1.54) is 6.92 Å². The molecule has 11 fully saturated rings. The zero-order valence-corrected chi connectivity index (χ0v) is 46.6. The number of hydrogen-bond donors (Lipinski definition) is 14. The first kappa shape index (κ1) is 61.6. The molecule has 4 saturated carbocycles. The van der Waals surface area contributed by atoms with Crippen LogP contribution >= 0.6 is 0 Å². The maximum Gasteiger partial charge on any atom is 0.190 e. The number of hydrogen-bond acceptors (Lipinski definition) is 26. The maximum atomic E-state index is 11.9. The zero-order valence-electron chi connectivity index (χ0n) is 46.6. The lowest BCUT2D eigenvalue weighted by molar-refractivity contribution is -0.420. The highest BCUT2D eigenvalue weighted by Gasteiger charge is 2.69. The lowest BCUT2D eigenvalue weighted by atomic mass is 9.44. The van der Waals surface area contributed by atoms with E-state index in [4.69, 9.17) is 56.8 Å². The highest BCUT2D eigenvalue weighted by molar-refractivity contribution is 5.16. The van der Waals surface area contributed by atoms with Crippen molar-refractivity contribution in [3.8, 4) is 0 Å². The lowest BCUT2D eigenvalue weighted by Gasteiger charge is -2.61. The third-order valence-corrected chi connectivity index (χ3v) is 21.8. The normalized spacial score (nSPS) is 58.5. The van der Waals surface area contributed by atoms with Gasteiger partial charge in [0, 0.05) is 12.3 Å². The summed E-state index contributed by atoms with van der Waals surface area (Å²) in [5, 5.41) is 153. The van der Waals surface area contributed by atoms with Crippen molar-refractivity contribution in [2.75, 3.05) is 26.4 Å². The monoisotopic (exact) mass is 1170 g/mol. The van der Waals surface area contributed by atoms with E-state index in [0.29, 0.717) is 54.3 Å². The van der Waals surface area contributed by atoms with Gasteiger partial charge in [-0.25, -0.2) is 0 Å². The summed E-state index contributed by atoms with van der Waals surface area (Å²) in [6, 6.07) is 0. The molecule has 11 aliphatic rings. The summed E-state index contributed by atoms with van der Waals surface area (Å²) in [6.45, 7) is 9.39. The van der Waals surface area contributed by atoms with Crippen LogP contribution in [-0.4, -0.2) is 264 Å². The van der Waals surface area contributed by atoms with Crippen LogP contribution in [0.25, 0.3) is 0 Å². The first-order valence-electron chi connectivity index (χ1n) is 29.6. The Hall–Kier alpha value is -1.04. The fourth-order valence-corrected chi connectivity index (χ4v) is 17.1. The molecule has 0 bridgehead atoms. The third-order valence-electron chi connectivity index (χ3n) is 21.8. The van der Waals surface area contributed by atoms with Gasteiger partial charge in [0.1, 0.15) is 104 Å². The van der Waals surface area contributed by atoms with Gasteiger partial charge in [0.15, 0.2) is 43.5 Å². The summed E-state index contributed by atoms with van der Waals surface area (Å²) in [5.74, 6) is 2.88. The van der Waals surface area contributed by atoms with Crippen molar-refractivity contribution in [2.24, 2.45) is 52.3 Å². The van der Waals surface area contributed by atoms with Gasteiger partial charge in [-0.1, -0.05) is 27.7 Å². The number of rotatable bonds is 12. The van der Waals surface area contributed by atoms with Crippen LogP contribution in [0.15, 0.2) is 0 Å². The molecule has 0 aromatic rings. The van der Waals surface area contributed by atoms with Gasteiger partial charge in [0.25, 0.3) is 0 Å². The molecule has 26 heteroatoms. The SMILES string of the molecule is CC1CCC2(OC1)OC1CC3C4CCC5CC(OC6OC(CO)C(OC7OC(O)C(O)C(OC8OC(CO)C(O)C(O)C8O)C7OC7OCC(O)C(OC8OC(C)C(O)C(O)C8O)C7O)C(O)C6O)CCC5(C)C4CCC3(C)C1C2C. The van der Waals surface area contributed by atoms with E-state index in [1.54, 1.807) is 0 Å². The van der Waals surface area contributed by atoms with Crippen LogP contribution in [0.3, 0.4) is 0 Å². The largest absolute Gasteiger partial charge is 0.394 e. The molecule has 26 nitrogen and oxygen atoms in total. The fraction of sp³-hybridized carbons (Fsp3) is 1.00. The van der Waals surface area contributed by atoms with Crippen molar-refractivity contribution in [1.29, 1.82) is 0 Å². The molecule has 0 aromatic carbocycles. The summed E-state index contributed by atoms with van der Waals surface area (Å²) in [6.07, 6.45) is -33.8. The molecule has 4 aliphatic carbocycles. The van der Waals surface area contributed by atoms with Crippen LogP contribution < -0.4 is 0 Å². The van der Waals surface area contributed by atoms with E-state index in [2.05, 4.69) is 27.7 Å². The van der Waals surface area contributed by atoms with Gasteiger partial charge in [-0.05, 0) is 111 Å². The molecule has 466 valence electrons. The van der Waals surface area contributed by atoms with Crippen LogP contribution in [0, 0.1) is 52.3 Å². The quantitative estimate of drug-likeness (QED) is 0.0845. The first-order chi connectivity index (χ1) is 38.4.